The van der Waals surface area contributed by atoms with E-state index in [1.165, 1.54) is 36.2 Å². The standard InChI is InChI=1S/C30H35N3O4/c1-31-11-13-32(14-12-31)15-16-33-26-10-8-22(36-2)18-24(26)25(29(33)20-5-3-4-6-20)19-28-30(35)23-9-7-21(34)17-27(23)37-28/h7-10,17-20,34H,3-6,11-16H2,1-2H3. The molecule has 1 N–H and O–H groups in total. The second kappa shape index (κ2) is 9.88. The number of nitrogens with zero attached hydrogens (tertiary/aromatic N) is 3. The van der Waals surface area contributed by atoms with Crippen LogP contribution in [0.3, 0.4) is 0 Å². The van der Waals surface area contributed by atoms with E-state index in [4.69, 9.17) is 9.47 Å². The van der Waals surface area contributed by atoms with Crippen LogP contribution in [0.15, 0.2) is 42.2 Å². The van der Waals surface area contributed by atoms with Gasteiger partial charge in [0.1, 0.15) is 17.2 Å². The molecule has 1 aliphatic carbocycles. The summed E-state index contributed by atoms with van der Waals surface area (Å²) < 4.78 is 14.1. The Balaban J connectivity index is 1.45. The van der Waals surface area contributed by atoms with Gasteiger partial charge in [-0.05, 0) is 62.2 Å². The van der Waals surface area contributed by atoms with Gasteiger partial charge < -0.3 is 24.0 Å². The lowest BCUT2D eigenvalue weighted by Gasteiger charge is -2.32. The van der Waals surface area contributed by atoms with Gasteiger partial charge in [-0.1, -0.05) is 12.8 Å². The molecule has 7 nitrogen and oxygen atoms in total. The lowest BCUT2D eigenvalue weighted by Crippen LogP contribution is -2.45. The monoisotopic (exact) mass is 501 g/mol. The molecule has 37 heavy (non-hydrogen) atoms. The normalized spacial score (nSPS) is 20.2. The zero-order chi connectivity index (χ0) is 25.5. The molecule has 0 radical (unpaired) electrons. The summed E-state index contributed by atoms with van der Waals surface area (Å²) in [5.41, 5.74) is 4.02. The molecular formula is C30H35N3O4. The molecule has 2 aliphatic heterocycles. The number of ketones is 1. The fourth-order valence-corrected chi connectivity index (χ4v) is 6.16. The van der Waals surface area contributed by atoms with Crippen molar-refractivity contribution >= 4 is 22.8 Å². The molecule has 1 aromatic heterocycles. The number of hydrogen-bond acceptors (Lipinski definition) is 6. The largest absolute Gasteiger partial charge is 0.508 e. The van der Waals surface area contributed by atoms with E-state index in [1.54, 1.807) is 13.2 Å². The smallest absolute Gasteiger partial charge is 0.231 e. The Hall–Kier alpha value is -3.29. The number of aromatic nitrogens is 1. The third kappa shape index (κ3) is 4.51. The van der Waals surface area contributed by atoms with E-state index in [0.29, 0.717) is 23.0 Å². The number of carbonyl (C=O) groups excluding carboxylic acids is 1. The third-order valence-electron chi connectivity index (χ3n) is 8.26. The number of fused-ring (bicyclic) bond motifs is 2. The van der Waals surface area contributed by atoms with Gasteiger partial charge in [0.2, 0.25) is 5.78 Å². The van der Waals surface area contributed by atoms with Gasteiger partial charge in [0, 0.05) is 67.5 Å². The lowest BCUT2D eigenvalue weighted by atomic mass is 9.97. The van der Waals surface area contributed by atoms with Crippen LogP contribution in [0.2, 0.25) is 0 Å². The predicted molar refractivity (Wildman–Crippen MR) is 145 cm³/mol. The molecule has 194 valence electrons. The van der Waals surface area contributed by atoms with Crippen molar-refractivity contribution in [1.82, 2.24) is 14.4 Å². The van der Waals surface area contributed by atoms with Crippen molar-refractivity contribution in [2.75, 3.05) is 46.9 Å². The molecule has 2 aromatic carbocycles. The number of benzene rings is 2. The number of phenolic OH excluding ortho intramolecular Hbond substituents is 1. The summed E-state index contributed by atoms with van der Waals surface area (Å²) in [5.74, 6) is 1.91. The van der Waals surface area contributed by atoms with Crippen LogP contribution in [0.25, 0.3) is 17.0 Å². The zero-order valence-electron chi connectivity index (χ0n) is 21.7. The van der Waals surface area contributed by atoms with Crippen molar-refractivity contribution < 1.29 is 19.4 Å². The van der Waals surface area contributed by atoms with Crippen molar-refractivity contribution in [3.05, 3.63) is 59.0 Å². The first-order valence-electron chi connectivity index (χ1n) is 13.4. The molecule has 0 atom stereocenters. The molecular weight excluding hydrogens is 466 g/mol. The fraction of sp³-hybridized carbons (Fsp3) is 0.433. The second-order valence-corrected chi connectivity index (χ2v) is 10.6. The Morgan fingerprint density at radius 3 is 2.59 bits per heavy atom. The van der Waals surface area contributed by atoms with Crippen LogP contribution in [0.4, 0.5) is 0 Å². The van der Waals surface area contributed by atoms with E-state index < -0.39 is 0 Å². The topological polar surface area (TPSA) is 67.2 Å². The van der Waals surface area contributed by atoms with Crippen LogP contribution in [0.5, 0.6) is 17.2 Å². The minimum absolute atomic E-state index is 0.0877. The molecule has 3 aliphatic rings. The molecule has 0 unspecified atom stereocenters. The van der Waals surface area contributed by atoms with Gasteiger partial charge in [0.05, 0.1) is 12.7 Å². The summed E-state index contributed by atoms with van der Waals surface area (Å²) in [6, 6.07) is 10.9. The predicted octanol–water partition coefficient (Wildman–Crippen LogP) is 4.88. The Labute approximate surface area is 217 Å². The third-order valence-corrected chi connectivity index (χ3v) is 8.26. The average Bonchev–Trinajstić information content (AvgIpc) is 3.61. The van der Waals surface area contributed by atoms with E-state index >= 15 is 0 Å². The van der Waals surface area contributed by atoms with Gasteiger partial charge in [-0.25, -0.2) is 0 Å². The first-order chi connectivity index (χ1) is 18.0. The number of hydrogen-bond donors (Lipinski definition) is 1. The molecule has 6 rings (SSSR count). The van der Waals surface area contributed by atoms with Crippen molar-refractivity contribution in [1.29, 1.82) is 0 Å². The summed E-state index contributed by atoms with van der Waals surface area (Å²) in [6.45, 7) is 6.29. The molecule has 7 heteroatoms. The number of aromatic hydroxyl groups is 1. The molecule has 2 fully saturated rings. The fourth-order valence-electron chi connectivity index (χ4n) is 6.16. The second-order valence-electron chi connectivity index (χ2n) is 10.6. The zero-order valence-corrected chi connectivity index (χ0v) is 21.7. The highest BCUT2D eigenvalue weighted by atomic mass is 16.5. The Morgan fingerprint density at radius 1 is 1.05 bits per heavy atom. The maximum atomic E-state index is 13.3. The molecule has 0 amide bonds. The summed E-state index contributed by atoms with van der Waals surface area (Å²) in [4.78, 5) is 18.2. The van der Waals surface area contributed by atoms with Gasteiger partial charge in [-0.3, -0.25) is 9.69 Å². The van der Waals surface area contributed by atoms with E-state index in [0.717, 1.165) is 68.8 Å². The van der Waals surface area contributed by atoms with Crippen molar-refractivity contribution in [3.8, 4) is 17.2 Å². The highest BCUT2D eigenvalue weighted by Gasteiger charge is 2.31. The summed E-state index contributed by atoms with van der Waals surface area (Å²) in [6.07, 6.45) is 6.69. The highest BCUT2D eigenvalue weighted by molar-refractivity contribution is 6.15. The number of Topliss-reactive ketones (excluding diaryl/α,β-unsaturated/α-hetero) is 1. The van der Waals surface area contributed by atoms with Gasteiger partial charge >= 0.3 is 0 Å². The van der Waals surface area contributed by atoms with Gasteiger partial charge in [-0.2, -0.15) is 0 Å². The van der Waals surface area contributed by atoms with E-state index in [2.05, 4.69) is 33.5 Å². The van der Waals surface area contributed by atoms with Crippen LogP contribution in [0.1, 0.15) is 53.2 Å². The quantitative estimate of drug-likeness (QED) is 0.486. The minimum Gasteiger partial charge on any atom is -0.508 e. The maximum Gasteiger partial charge on any atom is 0.231 e. The number of allylic oxidation sites excluding steroid dienone is 1. The molecule has 1 saturated carbocycles. The first kappa shape index (κ1) is 24.1. The van der Waals surface area contributed by atoms with Crippen molar-refractivity contribution in [3.63, 3.8) is 0 Å². The number of likely N-dealkylation sites (N-methyl/N-ethyl adjacent to an activating group) is 1. The number of rotatable bonds is 6. The Bertz CT molecular complexity index is 1360. The number of methoxy groups -OCH3 is 1. The number of ether oxygens (including phenoxy) is 2. The summed E-state index contributed by atoms with van der Waals surface area (Å²) >= 11 is 0. The molecule has 0 spiro atoms. The number of piperazine rings is 1. The van der Waals surface area contributed by atoms with Gasteiger partial charge in [0.25, 0.3) is 0 Å². The Kier molecular flexibility index (Phi) is 6.42. The maximum absolute atomic E-state index is 13.3. The highest BCUT2D eigenvalue weighted by Crippen LogP contribution is 2.43. The van der Waals surface area contributed by atoms with E-state index in [9.17, 15) is 9.90 Å². The molecule has 3 aromatic rings. The average molecular weight is 502 g/mol. The molecule has 1 saturated heterocycles. The van der Waals surface area contributed by atoms with Crippen LogP contribution in [-0.4, -0.2) is 72.1 Å². The van der Waals surface area contributed by atoms with Gasteiger partial charge in [0.15, 0.2) is 5.76 Å². The first-order valence-corrected chi connectivity index (χ1v) is 13.4. The minimum atomic E-state index is -0.145. The number of carbonyl (C=O) groups is 1. The van der Waals surface area contributed by atoms with Crippen LogP contribution in [-0.2, 0) is 6.54 Å². The lowest BCUT2D eigenvalue weighted by molar-refractivity contribution is 0.101. The van der Waals surface area contributed by atoms with Crippen molar-refractivity contribution in [2.24, 2.45) is 0 Å². The summed E-state index contributed by atoms with van der Waals surface area (Å²) in [7, 11) is 3.88. The molecule has 3 heterocycles. The SMILES string of the molecule is COc1ccc2c(c1)c(C=C1Oc3cc(O)ccc3C1=O)c(C1CCCC1)n2CCN1CCN(C)CC1. The molecule has 0 bridgehead atoms. The van der Waals surface area contributed by atoms with Gasteiger partial charge in [-0.15, -0.1) is 0 Å². The van der Waals surface area contributed by atoms with Crippen molar-refractivity contribution in [2.45, 2.75) is 38.1 Å². The van der Waals surface area contributed by atoms with E-state index in [-0.39, 0.29) is 11.5 Å². The van der Waals surface area contributed by atoms with E-state index in [1.807, 2.05) is 12.1 Å². The Morgan fingerprint density at radius 2 is 1.84 bits per heavy atom. The van der Waals surface area contributed by atoms with Crippen LogP contribution in [0, 0.1) is 0 Å². The summed E-state index contributed by atoms with van der Waals surface area (Å²) in [5, 5.41) is 11.0. The number of phenols is 1. The van der Waals surface area contributed by atoms with Crippen LogP contribution >= 0.6 is 0 Å². The van der Waals surface area contributed by atoms with Crippen LogP contribution < -0.4 is 9.47 Å².